The van der Waals surface area contributed by atoms with Gasteiger partial charge in [0.2, 0.25) is 0 Å². The quantitative estimate of drug-likeness (QED) is 0.0806. The lowest BCUT2D eigenvalue weighted by Gasteiger charge is -2.18. The number of benzene rings is 3. The predicted molar refractivity (Wildman–Crippen MR) is 217 cm³/mol. The number of carbonyl (C=O) groups excluding carboxylic acids is 3. The van der Waals surface area contributed by atoms with Crippen molar-refractivity contribution in [2.45, 2.75) is 38.0 Å². The molecule has 282 valence electrons. The largest absolute Gasteiger partial charge is 0.496 e. The van der Waals surface area contributed by atoms with Crippen molar-refractivity contribution in [1.29, 1.82) is 0 Å². The second-order valence-corrected chi connectivity index (χ2v) is 14.6. The topological polar surface area (TPSA) is 128 Å². The summed E-state index contributed by atoms with van der Waals surface area (Å²) in [6, 6.07) is 19.4. The van der Waals surface area contributed by atoms with Crippen LogP contribution in [0, 0.1) is 0 Å². The number of pyridine rings is 1. The molecule has 0 aliphatic heterocycles. The molecule has 0 aliphatic rings. The third-order valence-electron chi connectivity index (χ3n) is 8.48. The molecule has 53 heavy (non-hydrogen) atoms. The van der Waals surface area contributed by atoms with E-state index in [2.05, 4.69) is 20.9 Å². The molecular weight excluding hydrogens is 755 g/mol. The summed E-state index contributed by atoms with van der Waals surface area (Å²) in [5.41, 5.74) is 5.21. The van der Waals surface area contributed by atoms with E-state index >= 15 is 0 Å². The number of anilines is 1. The fourth-order valence-electron chi connectivity index (χ4n) is 5.54. The number of aromatic nitrogens is 1. The van der Waals surface area contributed by atoms with Gasteiger partial charge in [-0.05, 0) is 66.2 Å². The van der Waals surface area contributed by atoms with E-state index in [0.29, 0.717) is 58.5 Å². The van der Waals surface area contributed by atoms with Gasteiger partial charge in [-0.3, -0.25) is 19.4 Å². The van der Waals surface area contributed by atoms with E-state index in [-0.39, 0.29) is 17.6 Å². The Balaban J connectivity index is 1.49. The molecule has 0 spiro atoms. The van der Waals surface area contributed by atoms with Crippen LogP contribution in [0.2, 0.25) is 10.0 Å². The number of hydrogen-bond donors (Lipinski definition) is 3. The molecule has 0 bridgehead atoms. The molecule has 0 saturated carbocycles. The number of ether oxygens (including phenoxy) is 3. The maximum absolute atomic E-state index is 13.2. The summed E-state index contributed by atoms with van der Waals surface area (Å²) in [5, 5.41) is 10.2. The van der Waals surface area contributed by atoms with E-state index in [1.54, 1.807) is 61.1 Å². The van der Waals surface area contributed by atoms with Crippen molar-refractivity contribution in [2.75, 3.05) is 50.7 Å². The molecule has 0 saturated heterocycles. The molecule has 0 aliphatic carbocycles. The highest BCUT2D eigenvalue weighted by molar-refractivity contribution is 7.98. The average Bonchev–Trinajstić information content (AvgIpc) is 3.18. The Morgan fingerprint density at radius 2 is 1.36 bits per heavy atom. The van der Waals surface area contributed by atoms with Gasteiger partial charge in [-0.1, -0.05) is 71.7 Å². The van der Waals surface area contributed by atoms with E-state index in [1.807, 2.05) is 55.0 Å². The third kappa shape index (κ3) is 11.4. The van der Waals surface area contributed by atoms with E-state index < -0.39 is 18.0 Å². The summed E-state index contributed by atoms with van der Waals surface area (Å²) < 4.78 is 15.6. The van der Waals surface area contributed by atoms with Crippen LogP contribution in [0.25, 0.3) is 22.3 Å². The maximum Gasteiger partial charge on any atom is 0.322 e. The molecular formula is C39H44Cl2N4O6S2. The van der Waals surface area contributed by atoms with Gasteiger partial charge in [-0.25, -0.2) is 0 Å². The van der Waals surface area contributed by atoms with Gasteiger partial charge in [0.1, 0.15) is 23.5 Å². The minimum atomic E-state index is -0.432. The van der Waals surface area contributed by atoms with Crippen molar-refractivity contribution in [2.24, 2.45) is 0 Å². The molecule has 4 aromatic rings. The number of nitrogens with one attached hydrogen (secondary N) is 3. The minimum Gasteiger partial charge on any atom is -0.496 e. The Morgan fingerprint density at radius 3 is 1.94 bits per heavy atom. The second-order valence-electron chi connectivity index (χ2n) is 11.8. The monoisotopic (exact) mass is 798 g/mol. The fourth-order valence-corrected chi connectivity index (χ4v) is 7.10. The average molecular weight is 800 g/mol. The second kappa shape index (κ2) is 21.2. The van der Waals surface area contributed by atoms with Gasteiger partial charge in [-0.2, -0.15) is 23.5 Å². The molecule has 14 heteroatoms. The smallest absolute Gasteiger partial charge is 0.322 e. The predicted octanol–water partition coefficient (Wildman–Crippen LogP) is 7.75. The SMILES string of the molecule is COC(=O)[C@H](CCSC)NCc1ccc(C(=O)Nc2cccc(-c3cccc(-c4ccc(CN[C@@H](CCSC)C(=O)OC)c(OC)c4)c3Cl)c2Cl)nc1. The highest BCUT2D eigenvalue weighted by atomic mass is 35.5. The lowest BCUT2D eigenvalue weighted by atomic mass is 9.97. The fraction of sp³-hybridized carbons (Fsp3) is 0.333. The number of methoxy groups -OCH3 is 3. The van der Waals surface area contributed by atoms with E-state index in [9.17, 15) is 14.4 Å². The Labute approximate surface area is 329 Å². The molecule has 1 aromatic heterocycles. The van der Waals surface area contributed by atoms with E-state index in [1.165, 1.54) is 14.2 Å². The first-order chi connectivity index (χ1) is 25.6. The van der Waals surface area contributed by atoms with E-state index in [0.717, 1.165) is 33.8 Å². The summed E-state index contributed by atoms with van der Waals surface area (Å²) in [7, 11) is 4.36. The van der Waals surface area contributed by atoms with Crippen LogP contribution < -0.4 is 20.7 Å². The molecule has 1 heterocycles. The van der Waals surface area contributed by atoms with Crippen molar-refractivity contribution in [1.82, 2.24) is 15.6 Å². The molecule has 0 radical (unpaired) electrons. The van der Waals surface area contributed by atoms with Crippen LogP contribution in [0.4, 0.5) is 5.69 Å². The number of halogens is 2. The highest BCUT2D eigenvalue weighted by Gasteiger charge is 2.21. The van der Waals surface area contributed by atoms with Crippen LogP contribution in [0.5, 0.6) is 5.75 Å². The van der Waals surface area contributed by atoms with Gasteiger partial charge in [0, 0.05) is 41.5 Å². The molecule has 3 aromatic carbocycles. The molecule has 1 amide bonds. The molecule has 2 atom stereocenters. The normalized spacial score (nSPS) is 12.1. The zero-order chi connectivity index (χ0) is 38.3. The number of rotatable bonds is 19. The van der Waals surface area contributed by atoms with Gasteiger partial charge in [0.25, 0.3) is 5.91 Å². The van der Waals surface area contributed by atoms with Crippen LogP contribution in [0.1, 0.15) is 34.5 Å². The van der Waals surface area contributed by atoms with Crippen LogP contribution >= 0.6 is 46.7 Å². The molecule has 0 fully saturated rings. The molecule has 4 rings (SSSR count). The van der Waals surface area contributed by atoms with Gasteiger partial charge >= 0.3 is 11.9 Å². The van der Waals surface area contributed by atoms with Crippen LogP contribution in [-0.2, 0) is 32.2 Å². The standard InChI is InChI=1S/C39H44Cl2N4O6S2/c1-49-34-20-25(13-14-26(34)23-44-33(17-19-53-5)39(48)51-3)27-8-6-9-28(35(27)40)29-10-7-11-30(36(29)41)45-37(46)31-15-12-24(21-42-31)22-43-32(16-18-52-4)38(47)50-2/h6-15,20-21,32-33,43-44H,16-19,22-23H2,1-5H3,(H,45,46)/t32-,33-/m0/s1. The summed E-state index contributed by atoms with van der Waals surface area (Å²) in [6.07, 6.45) is 6.86. The van der Waals surface area contributed by atoms with Crippen LogP contribution in [0.15, 0.2) is 72.9 Å². The van der Waals surface area contributed by atoms with Crippen LogP contribution in [-0.4, -0.2) is 80.3 Å². The number of hydrogen-bond acceptors (Lipinski definition) is 11. The van der Waals surface area contributed by atoms with Crippen molar-refractivity contribution in [3.63, 3.8) is 0 Å². The zero-order valence-electron chi connectivity index (χ0n) is 30.3. The minimum absolute atomic E-state index is 0.204. The van der Waals surface area contributed by atoms with Gasteiger partial charge in [-0.15, -0.1) is 0 Å². The number of carbonyl (C=O) groups is 3. The summed E-state index contributed by atoms with van der Waals surface area (Å²) in [4.78, 5) is 42.0. The molecule has 0 unspecified atom stereocenters. The van der Waals surface area contributed by atoms with E-state index in [4.69, 9.17) is 37.4 Å². The number of thioether (sulfide) groups is 2. The van der Waals surface area contributed by atoms with Gasteiger partial charge < -0.3 is 30.2 Å². The summed E-state index contributed by atoms with van der Waals surface area (Å²) >= 11 is 17.3. The van der Waals surface area contributed by atoms with Gasteiger partial charge in [0.15, 0.2) is 0 Å². The number of amides is 1. The zero-order valence-corrected chi connectivity index (χ0v) is 33.4. The first-order valence-corrected chi connectivity index (χ1v) is 20.3. The lowest BCUT2D eigenvalue weighted by molar-refractivity contribution is -0.144. The molecule has 10 nitrogen and oxygen atoms in total. The maximum atomic E-state index is 13.2. The van der Waals surface area contributed by atoms with Crippen molar-refractivity contribution in [3.8, 4) is 28.0 Å². The third-order valence-corrected chi connectivity index (χ3v) is 10.6. The van der Waals surface area contributed by atoms with Crippen LogP contribution in [0.3, 0.4) is 0 Å². The van der Waals surface area contributed by atoms with Crippen molar-refractivity contribution < 1.29 is 28.6 Å². The Morgan fingerprint density at radius 1 is 0.755 bits per heavy atom. The Bertz CT molecular complexity index is 1860. The summed E-state index contributed by atoms with van der Waals surface area (Å²) in [6.45, 7) is 0.799. The van der Waals surface area contributed by atoms with Crippen molar-refractivity contribution >= 4 is 70.3 Å². The lowest BCUT2D eigenvalue weighted by Crippen LogP contribution is -2.37. The number of esters is 2. The van der Waals surface area contributed by atoms with Gasteiger partial charge in [0.05, 0.1) is 37.1 Å². The highest BCUT2D eigenvalue weighted by Crippen LogP contribution is 2.42. The van der Waals surface area contributed by atoms with Crippen molar-refractivity contribution in [3.05, 3.63) is 99.8 Å². The first kappa shape index (κ1) is 42.0. The Kier molecular flexibility index (Phi) is 16.8. The summed E-state index contributed by atoms with van der Waals surface area (Å²) in [5.74, 6) is 1.23. The number of nitrogens with zero attached hydrogens (tertiary/aromatic N) is 1. The first-order valence-electron chi connectivity index (χ1n) is 16.8. The Hall–Kier alpha value is -3.78. The molecule has 3 N–H and O–H groups in total.